The molecular formula is C49H90O4. The van der Waals surface area contributed by atoms with Crippen LogP contribution in [-0.2, 0) is 0 Å². The molecule has 0 unspecified atom stereocenters. The first-order chi connectivity index (χ1) is 26.3. The van der Waals surface area contributed by atoms with Crippen LogP contribution in [0.1, 0.15) is 262 Å². The van der Waals surface area contributed by atoms with Crippen LogP contribution in [0.5, 0.6) is 17.2 Å². The fourth-order valence-corrected chi connectivity index (χ4v) is 7.39. The molecule has 0 spiro atoms. The number of hydrogen-bond donors (Lipinski definition) is 0. The van der Waals surface area contributed by atoms with Gasteiger partial charge in [0.05, 0.1) is 19.8 Å². The Bertz CT molecular complexity index is 847. The van der Waals surface area contributed by atoms with Gasteiger partial charge < -0.3 is 14.2 Å². The minimum atomic E-state index is 0.595. The Morgan fingerprint density at radius 3 is 0.811 bits per heavy atom. The molecule has 0 heterocycles. The minimum absolute atomic E-state index is 0.595. The molecule has 0 saturated carbocycles. The summed E-state index contributed by atoms with van der Waals surface area (Å²) in [6.07, 6.45) is 48.5. The van der Waals surface area contributed by atoms with E-state index in [1.165, 1.54) is 212 Å². The van der Waals surface area contributed by atoms with Gasteiger partial charge in [0.25, 0.3) is 0 Å². The van der Waals surface area contributed by atoms with Gasteiger partial charge >= 0.3 is 0 Å². The van der Waals surface area contributed by atoms with E-state index in [9.17, 15) is 4.79 Å². The number of unbranched alkanes of at least 4 members (excludes halogenated alkanes) is 33. The van der Waals surface area contributed by atoms with Gasteiger partial charge in [0, 0.05) is 5.56 Å². The zero-order chi connectivity index (χ0) is 38.1. The van der Waals surface area contributed by atoms with Crippen LogP contribution < -0.4 is 14.2 Å². The van der Waals surface area contributed by atoms with E-state index < -0.39 is 0 Å². The number of hydrogen-bond acceptors (Lipinski definition) is 4. The molecule has 310 valence electrons. The molecule has 0 amide bonds. The Balaban J connectivity index is 2.49. The number of benzene rings is 1. The smallest absolute Gasteiger partial charge is 0.203 e. The summed E-state index contributed by atoms with van der Waals surface area (Å²) in [5, 5.41) is 0. The van der Waals surface area contributed by atoms with Gasteiger partial charge in [-0.2, -0.15) is 0 Å². The number of ether oxygens (including phenoxy) is 3. The first-order valence-corrected chi connectivity index (χ1v) is 23.8. The number of carbonyl (C=O) groups is 1. The Morgan fingerprint density at radius 2 is 0.566 bits per heavy atom. The van der Waals surface area contributed by atoms with Crippen molar-refractivity contribution in [3.8, 4) is 17.2 Å². The molecule has 53 heavy (non-hydrogen) atoms. The van der Waals surface area contributed by atoms with Crippen molar-refractivity contribution in [3.05, 3.63) is 17.7 Å². The van der Waals surface area contributed by atoms with Crippen molar-refractivity contribution in [2.24, 2.45) is 0 Å². The highest BCUT2D eigenvalue weighted by Crippen LogP contribution is 2.39. The van der Waals surface area contributed by atoms with E-state index in [1.807, 2.05) is 12.1 Å². The van der Waals surface area contributed by atoms with Crippen molar-refractivity contribution in [1.82, 2.24) is 0 Å². The minimum Gasteiger partial charge on any atom is -0.490 e. The molecule has 1 aromatic carbocycles. The van der Waals surface area contributed by atoms with E-state index in [0.717, 1.165) is 25.5 Å². The fraction of sp³-hybridized carbons (Fsp3) is 0.857. The third-order valence-corrected chi connectivity index (χ3v) is 10.9. The van der Waals surface area contributed by atoms with Gasteiger partial charge in [-0.3, -0.25) is 4.79 Å². The Hall–Kier alpha value is -1.71. The van der Waals surface area contributed by atoms with Crippen molar-refractivity contribution < 1.29 is 19.0 Å². The summed E-state index contributed by atoms with van der Waals surface area (Å²) in [7, 11) is 0. The van der Waals surface area contributed by atoms with Gasteiger partial charge in [-0.25, -0.2) is 0 Å². The molecule has 0 aliphatic carbocycles. The van der Waals surface area contributed by atoms with Gasteiger partial charge in [0.1, 0.15) is 6.29 Å². The van der Waals surface area contributed by atoms with Crippen molar-refractivity contribution in [2.45, 2.75) is 252 Å². The highest BCUT2D eigenvalue weighted by Gasteiger charge is 2.16. The summed E-state index contributed by atoms with van der Waals surface area (Å²) < 4.78 is 19.1. The van der Waals surface area contributed by atoms with E-state index in [4.69, 9.17) is 14.2 Å². The summed E-state index contributed by atoms with van der Waals surface area (Å²) in [6.45, 7) is 8.81. The van der Waals surface area contributed by atoms with Crippen LogP contribution in [0.2, 0.25) is 0 Å². The third kappa shape index (κ3) is 31.2. The summed E-state index contributed by atoms with van der Waals surface area (Å²) in [5.74, 6) is 2.03. The summed E-state index contributed by atoms with van der Waals surface area (Å²) in [4.78, 5) is 11.9. The lowest BCUT2D eigenvalue weighted by molar-refractivity contribution is 0.112. The molecule has 1 aromatic rings. The molecule has 0 fully saturated rings. The van der Waals surface area contributed by atoms with Crippen LogP contribution in [0, 0.1) is 0 Å². The Kier molecular flexibility index (Phi) is 37.2. The molecule has 0 atom stereocenters. The first-order valence-electron chi connectivity index (χ1n) is 23.8. The molecule has 0 saturated heterocycles. The van der Waals surface area contributed by atoms with Gasteiger partial charge in [0.2, 0.25) is 5.75 Å². The molecule has 1 rings (SSSR count). The van der Waals surface area contributed by atoms with Crippen LogP contribution in [0.4, 0.5) is 0 Å². The zero-order valence-corrected chi connectivity index (χ0v) is 35.9. The maximum absolute atomic E-state index is 11.9. The molecule has 4 heteroatoms. The first kappa shape index (κ1) is 49.3. The summed E-state index contributed by atoms with van der Waals surface area (Å²) in [5.41, 5.74) is 0.595. The number of carbonyl (C=O) groups excluding carboxylic acids is 1. The van der Waals surface area contributed by atoms with Gasteiger partial charge in [-0.1, -0.05) is 233 Å². The predicted octanol–water partition coefficient (Wildman–Crippen LogP) is 16.7. The number of rotatable bonds is 43. The van der Waals surface area contributed by atoms with E-state index in [0.29, 0.717) is 42.6 Å². The SMILES string of the molecule is CCCCCCCCCCCCCCOc1cc(C=O)cc(OCCCCCCCCCCCCCC)c1OCCCCCCCCCCCCCC. The number of aldehydes is 1. The molecule has 0 aromatic heterocycles. The van der Waals surface area contributed by atoms with Crippen LogP contribution in [-0.4, -0.2) is 26.1 Å². The average molecular weight is 743 g/mol. The maximum Gasteiger partial charge on any atom is 0.203 e. The van der Waals surface area contributed by atoms with E-state index in [2.05, 4.69) is 20.8 Å². The topological polar surface area (TPSA) is 44.8 Å². The van der Waals surface area contributed by atoms with Crippen LogP contribution >= 0.6 is 0 Å². The normalized spacial score (nSPS) is 11.3. The van der Waals surface area contributed by atoms with Crippen LogP contribution in [0.15, 0.2) is 12.1 Å². The molecule has 0 aliphatic heterocycles. The van der Waals surface area contributed by atoms with Crippen LogP contribution in [0.25, 0.3) is 0 Å². The molecule has 0 N–H and O–H groups in total. The third-order valence-electron chi connectivity index (χ3n) is 10.9. The standard InChI is InChI=1S/C49H90O4/c1-4-7-10-13-16-19-22-25-28-31-34-37-40-51-47-43-46(45-50)44-48(52-41-38-35-32-29-26-23-20-17-14-11-8-5-2)49(47)53-42-39-36-33-30-27-24-21-18-15-12-9-6-3/h43-45H,4-42H2,1-3H3. The summed E-state index contributed by atoms with van der Waals surface area (Å²) >= 11 is 0. The van der Waals surface area contributed by atoms with E-state index >= 15 is 0 Å². The second kappa shape index (κ2) is 40.0. The lowest BCUT2D eigenvalue weighted by atomic mass is 10.1. The van der Waals surface area contributed by atoms with Crippen LogP contribution in [0.3, 0.4) is 0 Å². The zero-order valence-electron chi connectivity index (χ0n) is 35.9. The molecule has 0 aliphatic rings. The maximum atomic E-state index is 11.9. The van der Waals surface area contributed by atoms with Gasteiger partial charge in [-0.15, -0.1) is 0 Å². The monoisotopic (exact) mass is 743 g/mol. The van der Waals surface area contributed by atoms with Crippen molar-refractivity contribution in [2.75, 3.05) is 19.8 Å². The molecule has 0 radical (unpaired) electrons. The van der Waals surface area contributed by atoms with E-state index in [-0.39, 0.29) is 0 Å². The van der Waals surface area contributed by atoms with E-state index in [1.54, 1.807) is 0 Å². The second-order valence-electron chi connectivity index (χ2n) is 16.2. The molecule has 0 bridgehead atoms. The van der Waals surface area contributed by atoms with Crippen molar-refractivity contribution in [3.63, 3.8) is 0 Å². The Morgan fingerprint density at radius 1 is 0.340 bits per heavy atom. The second-order valence-corrected chi connectivity index (χ2v) is 16.2. The molecule has 4 nitrogen and oxygen atoms in total. The lowest BCUT2D eigenvalue weighted by Gasteiger charge is -2.18. The average Bonchev–Trinajstić information content (AvgIpc) is 3.17. The quantitative estimate of drug-likeness (QED) is 0.0494. The van der Waals surface area contributed by atoms with Gasteiger partial charge in [-0.05, 0) is 31.4 Å². The summed E-state index contributed by atoms with van der Waals surface area (Å²) in [6, 6.07) is 3.70. The highest BCUT2D eigenvalue weighted by atomic mass is 16.5. The fourth-order valence-electron chi connectivity index (χ4n) is 7.39. The van der Waals surface area contributed by atoms with Crippen molar-refractivity contribution >= 4 is 6.29 Å². The highest BCUT2D eigenvalue weighted by molar-refractivity contribution is 5.78. The molecular weight excluding hydrogens is 653 g/mol. The van der Waals surface area contributed by atoms with Crippen molar-refractivity contribution in [1.29, 1.82) is 0 Å². The predicted molar refractivity (Wildman–Crippen MR) is 232 cm³/mol. The largest absolute Gasteiger partial charge is 0.490 e. The Labute approximate surface area is 331 Å². The lowest BCUT2D eigenvalue weighted by Crippen LogP contribution is -2.07. The van der Waals surface area contributed by atoms with Gasteiger partial charge in [0.15, 0.2) is 11.5 Å².